The molecule has 0 bridgehead atoms. The van der Waals surface area contributed by atoms with Crippen molar-refractivity contribution < 1.29 is 14.3 Å². The van der Waals surface area contributed by atoms with Crippen LogP contribution < -0.4 is 5.32 Å². The second-order valence-corrected chi connectivity index (χ2v) is 6.80. The Kier molecular flexibility index (Phi) is 5.14. The van der Waals surface area contributed by atoms with Crippen LogP contribution >= 0.6 is 11.3 Å². The zero-order chi connectivity index (χ0) is 17.8. The van der Waals surface area contributed by atoms with Gasteiger partial charge in [0, 0.05) is 0 Å². The molecule has 0 spiro atoms. The molecule has 128 valence electrons. The lowest BCUT2D eigenvalue weighted by Gasteiger charge is -2.04. The molecule has 1 aromatic heterocycles. The van der Waals surface area contributed by atoms with Gasteiger partial charge < -0.3 is 10.1 Å². The van der Waals surface area contributed by atoms with Crippen LogP contribution in [-0.4, -0.2) is 18.5 Å². The van der Waals surface area contributed by atoms with Gasteiger partial charge in [0.1, 0.15) is 4.88 Å². The number of benzene rings is 2. The van der Waals surface area contributed by atoms with Crippen molar-refractivity contribution in [1.82, 2.24) is 0 Å². The molecule has 0 aliphatic rings. The van der Waals surface area contributed by atoms with Gasteiger partial charge in [0.25, 0.3) is 0 Å². The quantitative estimate of drug-likeness (QED) is 0.684. The first-order chi connectivity index (χ1) is 12.1. The Morgan fingerprint density at radius 1 is 1.08 bits per heavy atom. The predicted octanol–water partition coefficient (Wildman–Crippen LogP) is 4.57. The molecule has 0 unspecified atom stereocenters. The molecule has 25 heavy (non-hydrogen) atoms. The fourth-order valence-corrected chi connectivity index (χ4v) is 3.64. The standard InChI is InChI=1S/C20H19NO3S/c1-3-24-20(23)19-13(2)10-18(25-19)21-17(22)12-14-8-9-15-6-4-5-7-16(15)11-14/h4-11H,3,12H2,1-2H3,(H,21,22). The number of aryl methyl sites for hydroxylation is 1. The van der Waals surface area contributed by atoms with Gasteiger partial charge in [0.05, 0.1) is 18.0 Å². The van der Waals surface area contributed by atoms with E-state index in [0.717, 1.165) is 21.9 Å². The first-order valence-electron chi connectivity index (χ1n) is 8.12. The fourth-order valence-electron chi connectivity index (χ4n) is 2.66. The summed E-state index contributed by atoms with van der Waals surface area (Å²) in [7, 11) is 0. The number of ether oxygens (including phenoxy) is 1. The van der Waals surface area contributed by atoms with Gasteiger partial charge in [-0.1, -0.05) is 42.5 Å². The number of hydrogen-bond acceptors (Lipinski definition) is 4. The molecule has 0 saturated carbocycles. The maximum atomic E-state index is 12.3. The minimum Gasteiger partial charge on any atom is -0.462 e. The van der Waals surface area contributed by atoms with Crippen molar-refractivity contribution in [3.63, 3.8) is 0 Å². The van der Waals surface area contributed by atoms with Gasteiger partial charge in [-0.25, -0.2) is 4.79 Å². The summed E-state index contributed by atoms with van der Waals surface area (Å²) in [6.45, 7) is 3.94. The average molecular weight is 353 g/mol. The van der Waals surface area contributed by atoms with E-state index < -0.39 is 0 Å². The SMILES string of the molecule is CCOC(=O)c1sc(NC(=O)Cc2ccc3ccccc3c2)cc1C. The lowest BCUT2D eigenvalue weighted by Crippen LogP contribution is -2.13. The van der Waals surface area contributed by atoms with Crippen molar-refractivity contribution in [3.8, 4) is 0 Å². The van der Waals surface area contributed by atoms with Crippen molar-refractivity contribution in [2.24, 2.45) is 0 Å². The largest absolute Gasteiger partial charge is 0.462 e. The van der Waals surface area contributed by atoms with E-state index in [1.165, 1.54) is 11.3 Å². The summed E-state index contributed by atoms with van der Waals surface area (Å²) in [4.78, 5) is 24.7. The topological polar surface area (TPSA) is 55.4 Å². The summed E-state index contributed by atoms with van der Waals surface area (Å²) < 4.78 is 5.02. The minimum atomic E-state index is -0.347. The van der Waals surface area contributed by atoms with Gasteiger partial charge in [-0.3, -0.25) is 4.79 Å². The normalized spacial score (nSPS) is 10.6. The van der Waals surface area contributed by atoms with Gasteiger partial charge in [0.2, 0.25) is 5.91 Å². The molecule has 0 aliphatic carbocycles. The van der Waals surface area contributed by atoms with Gasteiger partial charge in [-0.15, -0.1) is 11.3 Å². The van der Waals surface area contributed by atoms with Crippen LogP contribution in [0.5, 0.6) is 0 Å². The first kappa shape index (κ1) is 17.2. The highest BCUT2D eigenvalue weighted by atomic mass is 32.1. The second-order valence-electron chi connectivity index (χ2n) is 5.75. The van der Waals surface area contributed by atoms with Crippen molar-refractivity contribution in [3.05, 3.63) is 64.5 Å². The molecule has 0 radical (unpaired) electrons. The molecule has 2 aromatic carbocycles. The van der Waals surface area contributed by atoms with E-state index in [-0.39, 0.29) is 18.3 Å². The number of esters is 1. The summed E-state index contributed by atoms with van der Waals surface area (Å²) >= 11 is 1.24. The van der Waals surface area contributed by atoms with E-state index in [2.05, 4.69) is 5.32 Å². The van der Waals surface area contributed by atoms with Crippen LogP contribution in [0.15, 0.2) is 48.5 Å². The fraction of sp³-hybridized carbons (Fsp3) is 0.200. The van der Waals surface area contributed by atoms with Crippen LogP contribution in [0, 0.1) is 6.92 Å². The third-order valence-corrected chi connectivity index (χ3v) is 4.95. The lowest BCUT2D eigenvalue weighted by atomic mass is 10.1. The highest BCUT2D eigenvalue weighted by molar-refractivity contribution is 7.18. The highest BCUT2D eigenvalue weighted by Gasteiger charge is 2.16. The number of anilines is 1. The summed E-state index contributed by atoms with van der Waals surface area (Å²) in [5, 5.41) is 5.79. The molecule has 4 nitrogen and oxygen atoms in total. The van der Waals surface area contributed by atoms with Gasteiger partial charge >= 0.3 is 5.97 Å². The summed E-state index contributed by atoms with van der Waals surface area (Å²) in [5.41, 5.74) is 1.76. The Bertz CT molecular complexity index is 930. The van der Waals surface area contributed by atoms with Gasteiger partial charge in [-0.2, -0.15) is 0 Å². The Balaban J connectivity index is 1.69. The molecule has 1 amide bonds. The van der Waals surface area contributed by atoms with E-state index in [0.29, 0.717) is 16.5 Å². The van der Waals surface area contributed by atoms with Crippen LogP contribution in [0.2, 0.25) is 0 Å². The monoisotopic (exact) mass is 353 g/mol. The van der Waals surface area contributed by atoms with Gasteiger partial charge in [0.15, 0.2) is 0 Å². The number of thiophene rings is 1. The molecule has 1 N–H and O–H groups in total. The molecule has 1 heterocycles. The number of rotatable bonds is 5. The molecular weight excluding hydrogens is 334 g/mol. The Labute approximate surface area is 150 Å². The Hall–Kier alpha value is -2.66. The minimum absolute atomic E-state index is 0.105. The highest BCUT2D eigenvalue weighted by Crippen LogP contribution is 2.27. The van der Waals surface area contributed by atoms with E-state index in [4.69, 9.17) is 4.74 Å². The van der Waals surface area contributed by atoms with Crippen molar-refractivity contribution in [2.45, 2.75) is 20.3 Å². The molecule has 0 aliphatic heterocycles. The third kappa shape index (κ3) is 4.06. The zero-order valence-electron chi connectivity index (χ0n) is 14.2. The van der Waals surface area contributed by atoms with Crippen LogP contribution in [0.4, 0.5) is 5.00 Å². The summed E-state index contributed by atoms with van der Waals surface area (Å²) in [5.74, 6) is -0.452. The van der Waals surface area contributed by atoms with Crippen LogP contribution in [-0.2, 0) is 16.0 Å². The van der Waals surface area contributed by atoms with Crippen LogP contribution in [0.3, 0.4) is 0 Å². The average Bonchev–Trinajstić information content (AvgIpc) is 2.95. The number of nitrogens with one attached hydrogen (secondary N) is 1. The Morgan fingerprint density at radius 3 is 2.60 bits per heavy atom. The van der Waals surface area contributed by atoms with E-state index in [1.54, 1.807) is 13.0 Å². The van der Waals surface area contributed by atoms with Crippen LogP contribution in [0.25, 0.3) is 10.8 Å². The molecule has 0 fully saturated rings. The smallest absolute Gasteiger partial charge is 0.348 e. The molecular formula is C20H19NO3S. The van der Waals surface area contributed by atoms with E-state index in [1.807, 2.05) is 49.4 Å². The first-order valence-corrected chi connectivity index (χ1v) is 8.93. The summed E-state index contributed by atoms with van der Waals surface area (Å²) in [6, 6.07) is 15.9. The van der Waals surface area contributed by atoms with E-state index >= 15 is 0 Å². The molecule has 3 rings (SSSR count). The summed E-state index contributed by atoms with van der Waals surface area (Å²) in [6.07, 6.45) is 0.288. The number of carbonyl (C=O) groups is 2. The second kappa shape index (κ2) is 7.49. The van der Waals surface area contributed by atoms with Crippen LogP contribution in [0.1, 0.15) is 27.7 Å². The molecule has 3 aromatic rings. The Morgan fingerprint density at radius 2 is 1.84 bits per heavy atom. The number of hydrogen-bond donors (Lipinski definition) is 1. The lowest BCUT2D eigenvalue weighted by molar-refractivity contribution is -0.115. The third-order valence-electron chi connectivity index (χ3n) is 3.82. The number of amides is 1. The number of fused-ring (bicyclic) bond motifs is 1. The number of carbonyl (C=O) groups excluding carboxylic acids is 2. The van der Waals surface area contributed by atoms with Gasteiger partial charge in [-0.05, 0) is 41.8 Å². The van der Waals surface area contributed by atoms with Crippen molar-refractivity contribution in [1.29, 1.82) is 0 Å². The molecule has 0 atom stereocenters. The molecule has 0 saturated heterocycles. The maximum Gasteiger partial charge on any atom is 0.348 e. The van der Waals surface area contributed by atoms with Crippen molar-refractivity contribution >= 4 is 39.0 Å². The zero-order valence-corrected chi connectivity index (χ0v) is 15.0. The van der Waals surface area contributed by atoms with E-state index in [9.17, 15) is 9.59 Å². The maximum absolute atomic E-state index is 12.3. The van der Waals surface area contributed by atoms with Crippen molar-refractivity contribution in [2.75, 3.05) is 11.9 Å². The molecule has 5 heteroatoms. The predicted molar refractivity (Wildman–Crippen MR) is 101 cm³/mol.